The smallest absolute Gasteiger partial charge is 0.253 e. The van der Waals surface area contributed by atoms with Crippen molar-refractivity contribution in [3.8, 4) is 17.0 Å². The highest BCUT2D eigenvalue weighted by Crippen LogP contribution is 2.35. The van der Waals surface area contributed by atoms with Crippen LogP contribution in [0.25, 0.3) is 16.8 Å². The van der Waals surface area contributed by atoms with Gasteiger partial charge in [-0.2, -0.15) is 5.10 Å². The number of carbonyl (C=O) groups excluding carboxylic acids is 1. The lowest BCUT2D eigenvalue weighted by molar-refractivity contribution is 0.100. The van der Waals surface area contributed by atoms with E-state index in [1.807, 2.05) is 12.1 Å². The summed E-state index contributed by atoms with van der Waals surface area (Å²) in [6.07, 6.45) is 4.62. The van der Waals surface area contributed by atoms with Gasteiger partial charge in [-0.15, -0.1) is 0 Å². The first kappa shape index (κ1) is 18.9. The van der Waals surface area contributed by atoms with Crippen molar-refractivity contribution in [2.24, 2.45) is 5.73 Å². The zero-order valence-corrected chi connectivity index (χ0v) is 16.5. The quantitative estimate of drug-likeness (QED) is 0.699. The average molecular weight is 410 g/mol. The lowest BCUT2D eigenvalue weighted by atomic mass is 10.0. The van der Waals surface area contributed by atoms with Gasteiger partial charge in [-0.05, 0) is 37.1 Å². The number of benzene rings is 1. The molecule has 2 N–H and O–H groups in total. The summed E-state index contributed by atoms with van der Waals surface area (Å²) < 4.78 is 27.3. The van der Waals surface area contributed by atoms with E-state index in [0.717, 1.165) is 38.0 Å². The van der Waals surface area contributed by atoms with E-state index in [4.69, 9.17) is 15.2 Å². The maximum atomic E-state index is 14.4. The van der Waals surface area contributed by atoms with Crippen molar-refractivity contribution in [3.63, 3.8) is 0 Å². The third kappa shape index (κ3) is 3.37. The van der Waals surface area contributed by atoms with E-state index in [2.05, 4.69) is 10.00 Å². The predicted molar refractivity (Wildman–Crippen MR) is 110 cm³/mol. The molecule has 0 spiro atoms. The van der Waals surface area contributed by atoms with Crippen LogP contribution in [0.2, 0.25) is 0 Å². The van der Waals surface area contributed by atoms with Gasteiger partial charge in [-0.25, -0.2) is 8.91 Å². The van der Waals surface area contributed by atoms with Crippen molar-refractivity contribution in [2.45, 2.75) is 25.4 Å². The Labute approximate surface area is 173 Å². The average Bonchev–Trinajstić information content (AvgIpc) is 3.47. The summed E-state index contributed by atoms with van der Waals surface area (Å²) in [6, 6.07) is 8.24. The zero-order chi connectivity index (χ0) is 20.7. The molecule has 2 aromatic heterocycles. The van der Waals surface area contributed by atoms with Crippen LogP contribution in [-0.4, -0.2) is 47.9 Å². The summed E-state index contributed by atoms with van der Waals surface area (Å²) in [5.74, 6) is -0.677. The number of pyridine rings is 1. The molecule has 0 saturated carbocycles. The topological polar surface area (TPSA) is 82.1 Å². The van der Waals surface area contributed by atoms with Gasteiger partial charge in [-0.3, -0.25) is 4.79 Å². The van der Waals surface area contributed by atoms with Gasteiger partial charge in [0.15, 0.2) is 0 Å². The predicted octanol–water partition coefficient (Wildman–Crippen LogP) is 3.01. The van der Waals surface area contributed by atoms with E-state index in [-0.39, 0.29) is 6.10 Å². The minimum absolute atomic E-state index is 0.113. The Morgan fingerprint density at radius 3 is 2.83 bits per heavy atom. The molecule has 5 rings (SSSR count). The van der Waals surface area contributed by atoms with Gasteiger partial charge < -0.3 is 20.1 Å². The van der Waals surface area contributed by atoms with E-state index < -0.39 is 11.7 Å². The van der Waals surface area contributed by atoms with Gasteiger partial charge in [0, 0.05) is 37.3 Å². The lowest BCUT2D eigenvalue weighted by Crippen LogP contribution is -2.20. The van der Waals surface area contributed by atoms with Crippen LogP contribution >= 0.6 is 0 Å². The molecule has 2 fully saturated rings. The molecule has 1 amide bonds. The number of aromatic nitrogens is 2. The molecule has 3 aromatic rings. The molecule has 7 nitrogen and oxygen atoms in total. The normalized spacial score (nSPS) is 19.0. The van der Waals surface area contributed by atoms with Gasteiger partial charge in [0.2, 0.25) is 0 Å². The largest absolute Gasteiger partial charge is 0.488 e. The summed E-state index contributed by atoms with van der Waals surface area (Å²) in [5.41, 5.74) is 8.44. The Morgan fingerprint density at radius 1 is 1.27 bits per heavy atom. The Kier molecular flexibility index (Phi) is 4.78. The van der Waals surface area contributed by atoms with Crippen LogP contribution in [0.3, 0.4) is 0 Å². The number of hydrogen-bond acceptors (Lipinski definition) is 5. The third-order valence-electron chi connectivity index (χ3n) is 5.66. The van der Waals surface area contributed by atoms with Crippen molar-refractivity contribution in [1.82, 2.24) is 9.61 Å². The Balaban J connectivity index is 1.63. The molecule has 0 aliphatic carbocycles. The minimum Gasteiger partial charge on any atom is -0.488 e. The maximum absolute atomic E-state index is 14.4. The molecule has 2 aliphatic heterocycles. The van der Waals surface area contributed by atoms with Crippen LogP contribution in [-0.2, 0) is 4.74 Å². The number of hydrogen-bond donors (Lipinski definition) is 1. The fourth-order valence-electron chi connectivity index (χ4n) is 4.30. The fraction of sp³-hybridized carbons (Fsp3) is 0.364. The SMILES string of the molecule is NC(=O)c1c(-c2cc(F)cc(OC3CCOC3)c2)nn2cccc(N3CCCC3)c12. The summed E-state index contributed by atoms with van der Waals surface area (Å²) >= 11 is 0. The monoisotopic (exact) mass is 410 g/mol. The van der Waals surface area contributed by atoms with Crippen molar-refractivity contribution in [2.75, 3.05) is 31.2 Å². The molecule has 156 valence electrons. The highest BCUT2D eigenvalue weighted by atomic mass is 19.1. The van der Waals surface area contributed by atoms with Crippen molar-refractivity contribution in [3.05, 3.63) is 47.9 Å². The number of ether oxygens (including phenoxy) is 2. The zero-order valence-electron chi connectivity index (χ0n) is 16.5. The molecule has 4 heterocycles. The van der Waals surface area contributed by atoms with Gasteiger partial charge in [0.05, 0.1) is 24.5 Å². The number of primary amides is 1. The molecular weight excluding hydrogens is 387 g/mol. The number of anilines is 1. The summed E-state index contributed by atoms with van der Waals surface area (Å²) in [7, 11) is 0. The number of nitrogens with two attached hydrogens (primary N) is 1. The van der Waals surface area contributed by atoms with Gasteiger partial charge in [-0.1, -0.05) is 0 Å². The number of halogens is 1. The van der Waals surface area contributed by atoms with Crippen molar-refractivity contribution < 1.29 is 18.7 Å². The molecule has 1 atom stereocenters. The van der Waals surface area contributed by atoms with Crippen molar-refractivity contribution >= 4 is 17.1 Å². The molecule has 8 heteroatoms. The number of fused-ring (bicyclic) bond motifs is 1. The Morgan fingerprint density at radius 2 is 2.10 bits per heavy atom. The van der Waals surface area contributed by atoms with Crippen LogP contribution in [0.15, 0.2) is 36.5 Å². The molecule has 2 saturated heterocycles. The van der Waals surface area contributed by atoms with Crippen LogP contribution in [0.1, 0.15) is 29.6 Å². The molecule has 2 aliphatic rings. The number of rotatable bonds is 5. The van der Waals surface area contributed by atoms with E-state index >= 15 is 0 Å². The first-order chi connectivity index (χ1) is 14.6. The Hall–Kier alpha value is -3.13. The van der Waals surface area contributed by atoms with Gasteiger partial charge in [0.25, 0.3) is 5.91 Å². The standard InChI is InChI=1S/C22H23FN4O3/c23-15-10-14(11-17(12-15)30-16-5-9-29-13-16)20-19(22(24)28)21-18(26-6-1-2-7-26)4-3-8-27(21)25-20/h3-4,8,10-12,16H,1-2,5-7,9,13H2,(H2,24,28). The molecule has 1 unspecified atom stereocenters. The van der Waals surface area contributed by atoms with E-state index in [9.17, 15) is 9.18 Å². The molecule has 30 heavy (non-hydrogen) atoms. The number of carbonyl (C=O) groups is 1. The first-order valence-electron chi connectivity index (χ1n) is 10.2. The van der Waals surface area contributed by atoms with Crippen molar-refractivity contribution in [1.29, 1.82) is 0 Å². The first-order valence-corrected chi connectivity index (χ1v) is 10.2. The highest BCUT2D eigenvalue weighted by Gasteiger charge is 2.26. The molecule has 0 radical (unpaired) electrons. The second-order valence-corrected chi connectivity index (χ2v) is 7.75. The molecule has 1 aromatic carbocycles. The van der Waals surface area contributed by atoms with Crippen LogP contribution in [0, 0.1) is 5.82 Å². The van der Waals surface area contributed by atoms with E-state index in [1.165, 1.54) is 12.1 Å². The second-order valence-electron chi connectivity index (χ2n) is 7.75. The number of amides is 1. The maximum Gasteiger partial charge on any atom is 0.253 e. The summed E-state index contributed by atoms with van der Waals surface area (Å²) in [6.45, 7) is 2.94. The van der Waals surface area contributed by atoms with Gasteiger partial charge in [0.1, 0.15) is 28.9 Å². The Bertz CT molecular complexity index is 1100. The van der Waals surface area contributed by atoms with Crippen LogP contribution in [0.4, 0.5) is 10.1 Å². The number of nitrogens with zero attached hydrogens (tertiary/aromatic N) is 3. The minimum atomic E-state index is -0.595. The molecule has 0 bridgehead atoms. The summed E-state index contributed by atoms with van der Waals surface area (Å²) in [4.78, 5) is 14.7. The summed E-state index contributed by atoms with van der Waals surface area (Å²) in [5, 5.41) is 4.59. The third-order valence-corrected chi connectivity index (χ3v) is 5.66. The van der Waals surface area contributed by atoms with E-state index in [0.29, 0.717) is 41.3 Å². The second kappa shape index (κ2) is 7.60. The van der Waals surface area contributed by atoms with Crippen LogP contribution in [0.5, 0.6) is 5.75 Å². The van der Waals surface area contributed by atoms with E-state index in [1.54, 1.807) is 16.8 Å². The fourth-order valence-corrected chi connectivity index (χ4v) is 4.30. The lowest BCUT2D eigenvalue weighted by Gasteiger charge is -2.19. The highest BCUT2D eigenvalue weighted by molar-refractivity contribution is 6.08. The molecular formula is C22H23FN4O3. The van der Waals surface area contributed by atoms with Crippen LogP contribution < -0.4 is 15.4 Å². The van der Waals surface area contributed by atoms with Gasteiger partial charge >= 0.3 is 0 Å².